The number of hydrogen-bond donors (Lipinski definition) is 1. The van der Waals surface area contributed by atoms with E-state index in [1.807, 2.05) is 0 Å². The van der Waals surface area contributed by atoms with Crippen molar-refractivity contribution in [2.24, 2.45) is 29.6 Å². The topological polar surface area (TPSA) is 37.3 Å². The van der Waals surface area contributed by atoms with Gasteiger partial charge in [-0.05, 0) is 62.2 Å². The molecule has 3 aliphatic carbocycles. The maximum atomic E-state index is 11.3. The van der Waals surface area contributed by atoms with E-state index in [4.69, 9.17) is 0 Å². The third-order valence-corrected chi connectivity index (χ3v) is 5.72. The Labute approximate surface area is 104 Å². The van der Waals surface area contributed by atoms with Crippen molar-refractivity contribution in [3.8, 4) is 0 Å². The predicted octanol–water partition coefficient (Wildman–Crippen LogP) is 3.70. The summed E-state index contributed by atoms with van der Waals surface area (Å²) in [4.78, 5) is 11.3. The Morgan fingerprint density at radius 1 is 1.00 bits per heavy atom. The van der Waals surface area contributed by atoms with Gasteiger partial charge in [-0.15, -0.1) is 0 Å². The molecule has 0 aromatic carbocycles. The highest BCUT2D eigenvalue weighted by Gasteiger charge is 2.42. The average Bonchev–Trinajstić information content (AvgIpc) is 2.91. The molecule has 5 atom stereocenters. The molecule has 0 amide bonds. The maximum absolute atomic E-state index is 11.3. The summed E-state index contributed by atoms with van der Waals surface area (Å²) in [5.74, 6) is 2.76. The summed E-state index contributed by atoms with van der Waals surface area (Å²) in [6.45, 7) is 0. The summed E-state index contributed by atoms with van der Waals surface area (Å²) >= 11 is 0. The van der Waals surface area contributed by atoms with Crippen molar-refractivity contribution in [3.63, 3.8) is 0 Å². The van der Waals surface area contributed by atoms with Gasteiger partial charge in [-0.3, -0.25) is 4.79 Å². The lowest BCUT2D eigenvalue weighted by molar-refractivity contribution is -0.145. The van der Waals surface area contributed by atoms with Gasteiger partial charge < -0.3 is 5.11 Å². The third kappa shape index (κ3) is 2.23. The molecule has 17 heavy (non-hydrogen) atoms. The average molecular weight is 236 g/mol. The standard InChI is InChI=1S/C15H24O2/c16-15(17)14-4-2-1-3-12(14)9-13-8-10-5-6-11(13)7-10/h10-14H,1-9H2,(H,16,17). The van der Waals surface area contributed by atoms with E-state index in [1.165, 1.54) is 44.9 Å². The van der Waals surface area contributed by atoms with Crippen LogP contribution >= 0.6 is 0 Å². The minimum atomic E-state index is -0.530. The Morgan fingerprint density at radius 2 is 1.82 bits per heavy atom. The van der Waals surface area contributed by atoms with E-state index in [0.29, 0.717) is 5.92 Å². The molecule has 3 aliphatic rings. The van der Waals surface area contributed by atoms with Crippen molar-refractivity contribution in [3.05, 3.63) is 0 Å². The van der Waals surface area contributed by atoms with Crippen LogP contribution in [0.3, 0.4) is 0 Å². The highest BCUT2D eigenvalue weighted by Crippen LogP contribution is 2.51. The number of aliphatic carboxylic acids is 1. The highest BCUT2D eigenvalue weighted by molar-refractivity contribution is 5.70. The van der Waals surface area contributed by atoms with Crippen LogP contribution in [0.5, 0.6) is 0 Å². The number of fused-ring (bicyclic) bond motifs is 2. The SMILES string of the molecule is O=C(O)C1CCCCC1CC1CC2CCC1C2. The van der Waals surface area contributed by atoms with Crippen LogP contribution in [-0.4, -0.2) is 11.1 Å². The quantitative estimate of drug-likeness (QED) is 0.811. The molecule has 0 spiro atoms. The predicted molar refractivity (Wildman–Crippen MR) is 66.6 cm³/mol. The van der Waals surface area contributed by atoms with Crippen molar-refractivity contribution >= 4 is 5.97 Å². The molecule has 2 heteroatoms. The van der Waals surface area contributed by atoms with E-state index < -0.39 is 5.97 Å². The zero-order chi connectivity index (χ0) is 11.8. The van der Waals surface area contributed by atoms with Crippen molar-refractivity contribution in [1.29, 1.82) is 0 Å². The van der Waals surface area contributed by atoms with Crippen LogP contribution in [0.4, 0.5) is 0 Å². The molecular formula is C15H24O2. The summed E-state index contributed by atoms with van der Waals surface area (Å²) in [7, 11) is 0. The third-order valence-electron chi connectivity index (χ3n) is 5.72. The van der Waals surface area contributed by atoms with E-state index in [-0.39, 0.29) is 5.92 Å². The normalized spacial score (nSPS) is 45.1. The van der Waals surface area contributed by atoms with Gasteiger partial charge in [0.25, 0.3) is 0 Å². The Bertz CT molecular complexity index is 299. The maximum Gasteiger partial charge on any atom is 0.306 e. The highest BCUT2D eigenvalue weighted by atomic mass is 16.4. The molecule has 3 saturated carbocycles. The molecule has 0 heterocycles. The molecule has 2 nitrogen and oxygen atoms in total. The van der Waals surface area contributed by atoms with Crippen LogP contribution in [0.15, 0.2) is 0 Å². The lowest BCUT2D eigenvalue weighted by Gasteiger charge is -2.33. The van der Waals surface area contributed by atoms with Crippen LogP contribution in [0.2, 0.25) is 0 Å². The van der Waals surface area contributed by atoms with Crippen molar-refractivity contribution in [2.45, 2.75) is 57.8 Å². The Kier molecular flexibility index (Phi) is 3.14. The Balaban J connectivity index is 1.61. The summed E-state index contributed by atoms with van der Waals surface area (Å²) in [5, 5.41) is 9.31. The molecule has 2 bridgehead atoms. The summed E-state index contributed by atoms with van der Waals surface area (Å²) in [6.07, 6.45) is 11.5. The van der Waals surface area contributed by atoms with Gasteiger partial charge in [0.15, 0.2) is 0 Å². The molecule has 0 radical (unpaired) electrons. The van der Waals surface area contributed by atoms with Gasteiger partial charge in [0.2, 0.25) is 0 Å². The van der Waals surface area contributed by atoms with Gasteiger partial charge in [0.1, 0.15) is 0 Å². The lowest BCUT2D eigenvalue weighted by Crippen LogP contribution is -2.29. The first-order chi connectivity index (χ1) is 8.24. The molecule has 1 N–H and O–H groups in total. The fourth-order valence-electron chi connectivity index (χ4n) is 4.87. The van der Waals surface area contributed by atoms with E-state index >= 15 is 0 Å². The second-order valence-electron chi connectivity index (χ2n) is 6.66. The van der Waals surface area contributed by atoms with Crippen LogP contribution in [0.25, 0.3) is 0 Å². The number of carboxylic acids is 1. The Morgan fingerprint density at radius 3 is 2.47 bits per heavy atom. The number of carbonyl (C=O) groups is 1. The number of hydrogen-bond acceptors (Lipinski definition) is 1. The first-order valence-electron chi connectivity index (χ1n) is 7.47. The van der Waals surface area contributed by atoms with Crippen LogP contribution in [0, 0.1) is 29.6 Å². The fourth-order valence-corrected chi connectivity index (χ4v) is 4.87. The number of carboxylic acid groups (broad SMARTS) is 1. The van der Waals surface area contributed by atoms with Crippen LogP contribution in [-0.2, 0) is 4.79 Å². The van der Waals surface area contributed by atoms with E-state index in [1.54, 1.807) is 0 Å². The van der Waals surface area contributed by atoms with Gasteiger partial charge in [-0.25, -0.2) is 0 Å². The zero-order valence-electron chi connectivity index (χ0n) is 10.6. The van der Waals surface area contributed by atoms with Gasteiger partial charge in [-0.1, -0.05) is 19.3 Å². The largest absolute Gasteiger partial charge is 0.481 e. The van der Waals surface area contributed by atoms with Gasteiger partial charge in [-0.2, -0.15) is 0 Å². The smallest absolute Gasteiger partial charge is 0.306 e. The second-order valence-corrected chi connectivity index (χ2v) is 6.66. The monoisotopic (exact) mass is 236 g/mol. The minimum absolute atomic E-state index is 0.0251. The number of rotatable bonds is 3. The molecule has 3 fully saturated rings. The summed E-state index contributed by atoms with van der Waals surface area (Å²) in [6, 6.07) is 0. The molecule has 5 unspecified atom stereocenters. The Hall–Kier alpha value is -0.530. The lowest BCUT2D eigenvalue weighted by atomic mass is 9.72. The molecule has 0 aliphatic heterocycles. The van der Waals surface area contributed by atoms with Gasteiger partial charge in [0, 0.05) is 0 Å². The van der Waals surface area contributed by atoms with Gasteiger partial charge in [0.05, 0.1) is 5.92 Å². The van der Waals surface area contributed by atoms with Crippen molar-refractivity contribution in [2.75, 3.05) is 0 Å². The molecule has 0 aromatic rings. The molecule has 96 valence electrons. The van der Waals surface area contributed by atoms with Gasteiger partial charge >= 0.3 is 5.97 Å². The minimum Gasteiger partial charge on any atom is -0.481 e. The first-order valence-corrected chi connectivity index (χ1v) is 7.47. The van der Waals surface area contributed by atoms with E-state index in [0.717, 1.165) is 30.6 Å². The summed E-state index contributed by atoms with van der Waals surface area (Å²) < 4.78 is 0. The second kappa shape index (κ2) is 4.62. The van der Waals surface area contributed by atoms with Crippen molar-refractivity contribution < 1.29 is 9.90 Å². The molecule has 0 aromatic heterocycles. The van der Waals surface area contributed by atoms with E-state index in [9.17, 15) is 9.90 Å². The van der Waals surface area contributed by atoms with E-state index in [2.05, 4.69) is 0 Å². The molecular weight excluding hydrogens is 212 g/mol. The van der Waals surface area contributed by atoms with Crippen LogP contribution < -0.4 is 0 Å². The first kappa shape index (κ1) is 11.6. The summed E-state index contributed by atoms with van der Waals surface area (Å²) in [5.41, 5.74) is 0. The molecule has 0 saturated heterocycles. The van der Waals surface area contributed by atoms with Crippen LogP contribution in [0.1, 0.15) is 57.8 Å². The van der Waals surface area contributed by atoms with Crippen molar-refractivity contribution in [1.82, 2.24) is 0 Å². The fraction of sp³-hybridized carbons (Fsp3) is 0.933. The zero-order valence-corrected chi connectivity index (χ0v) is 10.6. The molecule has 3 rings (SSSR count).